The van der Waals surface area contributed by atoms with E-state index in [1.165, 1.54) is 18.5 Å². The average Bonchev–Trinajstić information content (AvgIpc) is 3.32. The fourth-order valence-electron chi connectivity index (χ4n) is 2.38. The van der Waals surface area contributed by atoms with Gasteiger partial charge in [-0.25, -0.2) is 0 Å². The summed E-state index contributed by atoms with van der Waals surface area (Å²) in [6.45, 7) is 4.58. The second-order valence-corrected chi connectivity index (χ2v) is 6.06. The van der Waals surface area contributed by atoms with Crippen LogP contribution in [0.1, 0.15) is 12.8 Å². The minimum Gasteiger partial charge on any atom is -0.493 e. The highest BCUT2D eigenvalue weighted by Gasteiger charge is 2.30. The first kappa shape index (κ1) is 12.5. The van der Waals surface area contributed by atoms with E-state index < -0.39 is 0 Å². The summed E-state index contributed by atoms with van der Waals surface area (Å²) in [5.41, 5.74) is 1.23. The molecule has 2 atom stereocenters. The van der Waals surface area contributed by atoms with E-state index in [2.05, 4.69) is 29.2 Å². The van der Waals surface area contributed by atoms with Gasteiger partial charge in [-0.3, -0.25) is 0 Å². The van der Waals surface area contributed by atoms with Crippen molar-refractivity contribution in [2.75, 3.05) is 37.8 Å². The van der Waals surface area contributed by atoms with E-state index >= 15 is 0 Å². The number of hydrogen-bond acceptors (Lipinski definition) is 4. The van der Waals surface area contributed by atoms with Crippen molar-refractivity contribution in [1.82, 2.24) is 0 Å². The van der Waals surface area contributed by atoms with E-state index in [0.29, 0.717) is 12.2 Å². The maximum Gasteiger partial charge on any atom is 0.119 e. The molecular formula is C16H21NO3. The van der Waals surface area contributed by atoms with E-state index in [1.54, 1.807) is 0 Å². The van der Waals surface area contributed by atoms with Crippen molar-refractivity contribution in [2.45, 2.75) is 25.0 Å². The smallest absolute Gasteiger partial charge is 0.119 e. The average molecular weight is 275 g/mol. The van der Waals surface area contributed by atoms with Gasteiger partial charge in [-0.1, -0.05) is 0 Å². The number of anilines is 1. The third kappa shape index (κ3) is 3.44. The number of nitrogens with zero attached hydrogens (tertiary/aromatic N) is 1. The Morgan fingerprint density at radius 3 is 2.10 bits per heavy atom. The van der Waals surface area contributed by atoms with Gasteiger partial charge in [0.1, 0.15) is 5.75 Å². The van der Waals surface area contributed by atoms with Crippen LogP contribution in [0.5, 0.6) is 5.75 Å². The maximum atomic E-state index is 5.78. The number of ether oxygens (including phenoxy) is 3. The summed E-state index contributed by atoms with van der Waals surface area (Å²) in [5, 5.41) is 0. The fraction of sp³-hybridized carbons (Fsp3) is 0.625. The number of hydrogen-bond donors (Lipinski definition) is 0. The highest BCUT2D eigenvalue weighted by atomic mass is 16.6. The third-order valence-electron chi connectivity index (χ3n) is 4.04. The Labute approximate surface area is 119 Å². The Hall–Kier alpha value is -1.26. The molecule has 0 bridgehead atoms. The van der Waals surface area contributed by atoms with Crippen LogP contribution in [0.15, 0.2) is 24.3 Å². The second-order valence-electron chi connectivity index (χ2n) is 6.06. The highest BCUT2D eigenvalue weighted by molar-refractivity contribution is 5.49. The minimum absolute atomic E-state index is 0.402. The van der Waals surface area contributed by atoms with Crippen LogP contribution in [0, 0.1) is 5.92 Å². The van der Waals surface area contributed by atoms with Crippen LogP contribution in [-0.2, 0) is 9.47 Å². The molecule has 0 aromatic heterocycles. The van der Waals surface area contributed by atoms with Crippen LogP contribution >= 0.6 is 0 Å². The lowest BCUT2D eigenvalue weighted by Crippen LogP contribution is -2.31. The molecule has 4 heteroatoms. The van der Waals surface area contributed by atoms with Gasteiger partial charge in [0.2, 0.25) is 0 Å². The molecule has 0 radical (unpaired) electrons. The molecule has 1 saturated carbocycles. The predicted octanol–water partition coefficient (Wildman–Crippen LogP) is 2.08. The van der Waals surface area contributed by atoms with Gasteiger partial charge in [0.15, 0.2) is 0 Å². The van der Waals surface area contributed by atoms with Crippen molar-refractivity contribution in [1.29, 1.82) is 0 Å². The molecule has 4 rings (SSSR count). The van der Waals surface area contributed by atoms with Gasteiger partial charge in [-0.15, -0.1) is 0 Å². The maximum absolute atomic E-state index is 5.78. The predicted molar refractivity (Wildman–Crippen MR) is 76.4 cm³/mol. The number of benzene rings is 1. The first-order valence-corrected chi connectivity index (χ1v) is 7.58. The number of rotatable bonds is 8. The lowest BCUT2D eigenvalue weighted by molar-refractivity contribution is 0.300. The van der Waals surface area contributed by atoms with Crippen LogP contribution in [0.3, 0.4) is 0 Å². The molecular weight excluding hydrogens is 254 g/mol. The van der Waals surface area contributed by atoms with E-state index in [4.69, 9.17) is 14.2 Å². The van der Waals surface area contributed by atoms with Crippen molar-refractivity contribution < 1.29 is 14.2 Å². The molecule has 1 aromatic carbocycles. The summed E-state index contributed by atoms with van der Waals surface area (Å²) in [6, 6.07) is 8.44. The summed E-state index contributed by atoms with van der Waals surface area (Å²) in [6.07, 6.45) is 3.46. The highest BCUT2D eigenvalue weighted by Crippen LogP contribution is 2.30. The SMILES string of the molecule is c1cc(N(CC2CO2)CC2CO2)ccc1OCC1CC1. The van der Waals surface area contributed by atoms with Gasteiger partial charge >= 0.3 is 0 Å². The Kier molecular flexibility index (Phi) is 3.28. The largest absolute Gasteiger partial charge is 0.493 e. The van der Waals surface area contributed by atoms with E-state index in [9.17, 15) is 0 Å². The second kappa shape index (κ2) is 5.26. The molecule has 1 aliphatic carbocycles. The first-order chi connectivity index (χ1) is 9.87. The molecule has 4 nitrogen and oxygen atoms in total. The van der Waals surface area contributed by atoms with E-state index in [1.807, 2.05) is 0 Å². The van der Waals surface area contributed by atoms with Crippen LogP contribution in [0.25, 0.3) is 0 Å². The molecule has 2 aliphatic heterocycles. The van der Waals surface area contributed by atoms with Crippen molar-refractivity contribution >= 4 is 5.69 Å². The molecule has 3 fully saturated rings. The molecule has 2 unspecified atom stereocenters. The minimum atomic E-state index is 0.402. The zero-order valence-corrected chi connectivity index (χ0v) is 11.7. The summed E-state index contributed by atoms with van der Waals surface area (Å²) in [4.78, 5) is 2.36. The molecule has 0 N–H and O–H groups in total. The normalized spacial score (nSPS) is 27.2. The molecule has 0 spiro atoms. The molecule has 1 aromatic rings. The molecule has 0 amide bonds. The molecule has 20 heavy (non-hydrogen) atoms. The molecule has 108 valence electrons. The zero-order chi connectivity index (χ0) is 13.4. The number of epoxide rings is 2. The van der Waals surface area contributed by atoms with Gasteiger partial charge in [-0.2, -0.15) is 0 Å². The van der Waals surface area contributed by atoms with Crippen molar-refractivity contribution in [3.05, 3.63) is 24.3 Å². The van der Waals surface area contributed by atoms with Crippen LogP contribution in [0.4, 0.5) is 5.69 Å². The van der Waals surface area contributed by atoms with Gasteiger partial charge in [0.05, 0.1) is 32.0 Å². The summed E-state index contributed by atoms with van der Waals surface area (Å²) in [5.74, 6) is 1.77. The molecule has 2 saturated heterocycles. The lowest BCUT2D eigenvalue weighted by atomic mass is 10.2. The van der Waals surface area contributed by atoms with Gasteiger partial charge in [-0.05, 0) is 43.0 Å². The van der Waals surface area contributed by atoms with E-state index in [-0.39, 0.29) is 0 Å². The van der Waals surface area contributed by atoms with Crippen LogP contribution in [-0.4, -0.2) is 45.1 Å². The van der Waals surface area contributed by atoms with Crippen molar-refractivity contribution in [3.63, 3.8) is 0 Å². The third-order valence-corrected chi connectivity index (χ3v) is 4.04. The lowest BCUT2D eigenvalue weighted by Gasteiger charge is -2.23. The fourth-order valence-corrected chi connectivity index (χ4v) is 2.38. The zero-order valence-electron chi connectivity index (χ0n) is 11.7. The van der Waals surface area contributed by atoms with Crippen molar-refractivity contribution in [2.24, 2.45) is 5.92 Å². The molecule has 3 aliphatic rings. The van der Waals surface area contributed by atoms with Gasteiger partial charge in [0.25, 0.3) is 0 Å². The van der Waals surface area contributed by atoms with Crippen LogP contribution in [0.2, 0.25) is 0 Å². The standard InChI is InChI=1S/C16H21NO3/c1-2-12(1)9-18-14-5-3-13(4-6-14)17(7-15-10-19-15)8-16-11-20-16/h3-6,12,15-16H,1-2,7-11H2. The summed E-state index contributed by atoms with van der Waals surface area (Å²) in [7, 11) is 0. The summed E-state index contributed by atoms with van der Waals surface area (Å²) >= 11 is 0. The quantitative estimate of drug-likeness (QED) is 0.681. The van der Waals surface area contributed by atoms with Crippen LogP contribution < -0.4 is 9.64 Å². The Morgan fingerprint density at radius 2 is 1.60 bits per heavy atom. The monoisotopic (exact) mass is 275 g/mol. The summed E-state index contributed by atoms with van der Waals surface area (Å²) < 4.78 is 16.5. The van der Waals surface area contributed by atoms with Gasteiger partial charge < -0.3 is 19.1 Å². The Morgan fingerprint density at radius 1 is 1.00 bits per heavy atom. The first-order valence-electron chi connectivity index (χ1n) is 7.58. The Balaban J connectivity index is 1.38. The van der Waals surface area contributed by atoms with Crippen molar-refractivity contribution in [3.8, 4) is 5.75 Å². The Bertz CT molecular complexity index is 435. The van der Waals surface area contributed by atoms with Gasteiger partial charge in [0, 0.05) is 18.8 Å². The molecule has 2 heterocycles. The topological polar surface area (TPSA) is 37.5 Å². The van der Waals surface area contributed by atoms with E-state index in [0.717, 1.165) is 44.6 Å².